The van der Waals surface area contributed by atoms with Crippen molar-refractivity contribution in [3.63, 3.8) is 0 Å². The molecular formula is C19H18F3N5. The summed E-state index contributed by atoms with van der Waals surface area (Å²) in [4.78, 5) is 12.7. The van der Waals surface area contributed by atoms with E-state index < -0.39 is 11.7 Å². The van der Waals surface area contributed by atoms with Gasteiger partial charge in [-0.15, -0.1) is 0 Å². The van der Waals surface area contributed by atoms with Gasteiger partial charge < -0.3 is 9.80 Å². The van der Waals surface area contributed by atoms with Gasteiger partial charge in [-0.2, -0.15) is 18.4 Å². The number of halogens is 3. The van der Waals surface area contributed by atoms with Crippen molar-refractivity contribution in [2.45, 2.75) is 25.1 Å². The number of pyridine rings is 2. The molecule has 2 fully saturated rings. The van der Waals surface area contributed by atoms with Crippen LogP contribution in [0.4, 0.5) is 24.8 Å². The van der Waals surface area contributed by atoms with Crippen molar-refractivity contribution >= 4 is 11.6 Å². The van der Waals surface area contributed by atoms with E-state index in [2.05, 4.69) is 20.9 Å². The molecule has 2 aliphatic heterocycles. The number of nitriles is 1. The lowest BCUT2D eigenvalue weighted by molar-refractivity contribution is -0.137. The summed E-state index contributed by atoms with van der Waals surface area (Å²) in [5.41, 5.74) is -0.353. The Bertz CT molecular complexity index is 859. The molecule has 2 atom stereocenters. The molecule has 0 spiro atoms. The molecule has 5 nitrogen and oxygen atoms in total. The van der Waals surface area contributed by atoms with E-state index in [-0.39, 0.29) is 6.04 Å². The molecule has 2 aliphatic rings. The van der Waals surface area contributed by atoms with Crippen LogP contribution in [0, 0.1) is 17.2 Å². The van der Waals surface area contributed by atoms with E-state index in [0.717, 1.165) is 44.0 Å². The molecule has 2 unspecified atom stereocenters. The molecule has 0 saturated carbocycles. The summed E-state index contributed by atoms with van der Waals surface area (Å²) < 4.78 is 38.2. The van der Waals surface area contributed by atoms with Gasteiger partial charge in [0, 0.05) is 25.8 Å². The SMILES string of the molecule is N#Cc1cccc(N2CCC3CCN(c4ccc(C(F)(F)F)cn4)CC32)n1. The highest BCUT2D eigenvalue weighted by atomic mass is 19.4. The second kappa shape index (κ2) is 6.72. The predicted molar refractivity (Wildman–Crippen MR) is 94.3 cm³/mol. The topological polar surface area (TPSA) is 56.1 Å². The quantitative estimate of drug-likeness (QED) is 0.807. The summed E-state index contributed by atoms with van der Waals surface area (Å²) in [6.07, 6.45) is -1.47. The second-order valence-electron chi connectivity index (χ2n) is 6.94. The molecule has 4 heterocycles. The van der Waals surface area contributed by atoms with Gasteiger partial charge in [0.25, 0.3) is 0 Å². The van der Waals surface area contributed by atoms with Crippen molar-refractivity contribution in [1.29, 1.82) is 5.26 Å². The van der Waals surface area contributed by atoms with Crippen molar-refractivity contribution in [1.82, 2.24) is 9.97 Å². The molecule has 0 aliphatic carbocycles. The van der Waals surface area contributed by atoms with Crippen LogP contribution in [0.5, 0.6) is 0 Å². The van der Waals surface area contributed by atoms with E-state index >= 15 is 0 Å². The number of piperidine rings is 1. The van der Waals surface area contributed by atoms with Gasteiger partial charge in [-0.1, -0.05) is 6.07 Å². The molecule has 8 heteroatoms. The highest BCUT2D eigenvalue weighted by molar-refractivity contribution is 5.47. The lowest BCUT2D eigenvalue weighted by atomic mass is 9.92. The zero-order valence-electron chi connectivity index (χ0n) is 14.5. The third-order valence-corrected chi connectivity index (χ3v) is 5.40. The Morgan fingerprint density at radius 1 is 1.07 bits per heavy atom. The molecule has 4 rings (SSSR count). The first-order valence-electron chi connectivity index (χ1n) is 8.88. The highest BCUT2D eigenvalue weighted by Crippen LogP contribution is 2.36. The maximum absolute atomic E-state index is 12.7. The van der Waals surface area contributed by atoms with Crippen molar-refractivity contribution in [3.05, 3.63) is 47.8 Å². The number of hydrogen-bond acceptors (Lipinski definition) is 5. The van der Waals surface area contributed by atoms with Gasteiger partial charge in [-0.3, -0.25) is 0 Å². The van der Waals surface area contributed by atoms with Gasteiger partial charge >= 0.3 is 6.18 Å². The van der Waals surface area contributed by atoms with E-state index in [0.29, 0.717) is 24.0 Å². The zero-order chi connectivity index (χ0) is 19.0. The Morgan fingerprint density at radius 2 is 1.89 bits per heavy atom. The predicted octanol–water partition coefficient (Wildman–Crippen LogP) is 3.47. The molecule has 140 valence electrons. The van der Waals surface area contributed by atoms with E-state index in [1.807, 2.05) is 17.0 Å². The number of hydrogen-bond donors (Lipinski definition) is 0. The van der Waals surface area contributed by atoms with E-state index in [1.54, 1.807) is 6.07 Å². The van der Waals surface area contributed by atoms with Gasteiger partial charge in [0.1, 0.15) is 23.4 Å². The van der Waals surface area contributed by atoms with Gasteiger partial charge in [0.05, 0.1) is 11.6 Å². The number of alkyl halides is 3. The van der Waals surface area contributed by atoms with Crippen molar-refractivity contribution in [2.75, 3.05) is 29.4 Å². The van der Waals surface area contributed by atoms with Crippen molar-refractivity contribution in [2.24, 2.45) is 5.92 Å². The Hall–Kier alpha value is -2.82. The van der Waals surface area contributed by atoms with Gasteiger partial charge in [-0.25, -0.2) is 9.97 Å². The Kier molecular flexibility index (Phi) is 4.38. The van der Waals surface area contributed by atoms with Gasteiger partial charge in [0.15, 0.2) is 0 Å². The number of nitrogens with zero attached hydrogens (tertiary/aromatic N) is 5. The lowest BCUT2D eigenvalue weighted by Gasteiger charge is -2.39. The molecule has 2 aromatic rings. The number of anilines is 2. The number of aromatic nitrogens is 2. The third-order valence-electron chi connectivity index (χ3n) is 5.40. The van der Waals surface area contributed by atoms with Crippen LogP contribution in [0.2, 0.25) is 0 Å². The summed E-state index contributed by atoms with van der Waals surface area (Å²) in [6, 6.07) is 10.2. The standard InChI is InChI=1S/C19H18F3N5/c20-19(21,22)14-4-5-17(24-11-14)26-8-6-13-7-9-27(16(13)12-26)18-3-1-2-15(10-23)25-18/h1-5,11,13,16H,6-9,12H2. The molecule has 0 aromatic carbocycles. The summed E-state index contributed by atoms with van der Waals surface area (Å²) >= 11 is 0. The minimum absolute atomic E-state index is 0.212. The lowest BCUT2D eigenvalue weighted by Crippen LogP contribution is -2.48. The first-order chi connectivity index (χ1) is 13.0. The van der Waals surface area contributed by atoms with Crippen LogP contribution in [-0.4, -0.2) is 35.6 Å². The zero-order valence-corrected chi connectivity index (χ0v) is 14.5. The molecule has 0 radical (unpaired) electrons. The molecular weight excluding hydrogens is 355 g/mol. The maximum Gasteiger partial charge on any atom is 0.417 e. The summed E-state index contributed by atoms with van der Waals surface area (Å²) in [6.45, 7) is 2.33. The Balaban J connectivity index is 1.53. The van der Waals surface area contributed by atoms with Crippen LogP contribution in [-0.2, 0) is 6.18 Å². The van der Waals surface area contributed by atoms with E-state index in [4.69, 9.17) is 5.26 Å². The first kappa shape index (κ1) is 17.6. The Labute approximate surface area is 155 Å². The largest absolute Gasteiger partial charge is 0.417 e. The fourth-order valence-corrected chi connectivity index (χ4v) is 4.02. The van der Waals surface area contributed by atoms with Crippen LogP contribution in [0.15, 0.2) is 36.5 Å². The average molecular weight is 373 g/mol. The molecule has 2 aromatic heterocycles. The molecule has 0 bridgehead atoms. The van der Waals surface area contributed by atoms with Gasteiger partial charge in [-0.05, 0) is 43.0 Å². The number of rotatable bonds is 2. The fraction of sp³-hybridized carbons (Fsp3) is 0.421. The summed E-state index contributed by atoms with van der Waals surface area (Å²) in [5.74, 6) is 1.86. The third kappa shape index (κ3) is 3.42. The van der Waals surface area contributed by atoms with Gasteiger partial charge in [0.2, 0.25) is 0 Å². The normalized spacial score (nSPS) is 22.4. The number of fused-ring (bicyclic) bond motifs is 1. The molecule has 2 saturated heterocycles. The highest BCUT2D eigenvalue weighted by Gasteiger charge is 2.39. The fourth-order valence-electron chi connectivity index (χ4n) is 4.02. The van der Waals surface area contributed by atoms with E-state index in [1.165, 1.54) is 6.07 Å². The monoisotopic (exact) mass is 373 g/mol. The smallest absolute Gasteiger partial charge is 0.355 e. The van der Waals surface area contributed by atoms with Crippen LogP contribution < -0.4 is 9.80 Å². The molecule has 0 N–H and O–H groups in total. The van der Waals surface area contributed by atoms with Crippen LogP contribution in [0.25, 0.3) is 0 Å². The minimum Gasteiger partial charge on any atom is -0.355 e. The van der Waals surface area contributed by atoms with Crippen LogP contribution in [0.3, 0.4) is 0 Å². The maximum atomic E-state index is 12.7. The van der Waals surface area contributed by atoms with Crippen LogP contribution >= 0.6 is 0 Å². The van der Waals surface area contributed by atoms with E-state index in [9.17, 15) is 13.2 Å². The summed E-state index contributed by atoms with van der Waals surface area (Å²) in [7, 11) is 0. The Morgan fingerprint density at radius 3 is 2.59 bits per heavy atom. The van der Waals surface area contributed by atoms with Crippen molar-refractivity contribution in [3.8, 4) is 6.07 Å². The molecule has 27 heavy (non-hydrogen) atoms. The van der Waals surface area contributed by atoms with Crippen molar-refractivity contribution < 1.29 is 13.2 Å². The van der Waals surface area contributed by atoms with Crippen LogP contribution in [0.1, 0.15) is 24.1 Å². The second-order valence-corrected chi connectivity index (χ2v) is 6.94. The minimum atomic E-state index is -4.38. The average Bonchev–Trinajstić information content (AvgIpc) is 3.10. The molecule has 0 amide bonds. The first-order valence-corrected chi connectivity index (χ1v) is 8.88. The summed E-state index contributed by atoms with van der Waals surface area (Å²) in [5, 5.41) is 9.08.